The Hall–Kier alpha value is -2.37. The van der Waals surface area contributed by atoms with Gasteiger partial charge in [-0.2, -0.15) is 0 Å². The molecular formula is C32H53NO5. The first kappa shape index (κ1) is 33.7. The largest absolute Gasteiger partial charge is 0.461 e. The van der Waals surface area contributed by atoms with E-state index in [0.717, 1.165) is 24.8 Å². The molecule has 0 fully saturated rings. The Morgan fingerprint density at radius 1 is 0.763 bits per heavy atom. The van der Waals surface area contributed by atoms with Crippen molar-refractivity contribution in [1.82, 2.24) is 5.32 Å². The van der Waals surface area contributed by atoms with Crippen molar-refractivity contribution in [3.63, 3.8) is 0 Å². The average molecular weight is 532 g/mol. The lowest BCUT2D eigenvalue weighted by Gasteiger charge is -2.24. The van der Waals surface area contributed by atoms with Gasteiger partial charge in [0.15, 0.2) is 0 Å². The predicted molar refractivity (Wildman–Crippen MR) is 154 cm³/mol. The number of nitrogens with one attached hydrogen (secondary N) is 1. The summed E-state index contributed by atoms with van der Waals surface area (Å²) in [4.78, 5) is 37.5. The number of rotatable bonds is 21. The molecule has 1 aromatic carbocycles. The highest BCUT2D eigenvalue weighted by molar-refractivity contribution is 5.85. The normalized spacial score (nSPS) is 12.1. The maximum atomic E-state index is 12.7. The average Bonchev–Trinajstić information content (AvgIpc) is 2.87. The van der Waals surface area contributed by atoms with Crippen molar-refractivity contribution in [2.75, 3.05) is 0 Å². The van der Waals surface area contributed by atoms with Crippen molar-refractivity contribution in [3.05, 3.63) is 35.9 Å². The SMILES string of the molecule is CCCCCCCCCCCCCCCC(=O)N[C@@H](CCC(=O)OCc1ccccc1)C(=O)OC(C)(C)C. The minimum Gasteiger partial charge on any atom is -0.461 e. The van der Waals surface area contributed by atoms with Crippen molar-refractivity contribution >= 4 is 17.8 Å². The fourth-order valence-electron chi connectivity index (χ4n) is 4.26. The molecule has 0 heterocycles. The van der Waals surface area contributed by atoms with E-state index in [1.54, 1.807) is 20.8 Å². The summed E-state index contributed by atoms with van der Waals surface area (Å²) in [6.45, 7) is 7.78. The summed E-state index contributed by atoms with van der Waals surface area (Å²) in [7, 11) is 0. The number of ether oxygens (including phenoxy) is 2. The molecule has 0 spiro atoms. The molecule has 0 aliphatic rings. The molecular weight excluding hydrogens is 478 g/mol. The van der Waals surface area contributed by atoms with Crippen LogP contribution >= 0.6 is 0 Å². The molecule has 0 saturated heterocycles. The molecule has 1 aromatic rings. The number of amides is 1. The van der Waals surface area contributed by atoms with E-state index in [2.05, 4.69) is 12.2 Å². The topological polar surface area (TPSA) is 81.7 Å². The van der Waals surface area contributed by atoms with E-state index >= 15 is 0 Å². The van der Waals surface area contributed by atoms with Crippen LogP contribution in [0.25, 0.3) is 0 Å². The Morgan fingerprint density at radius 2 is 1.29 bits per heavy atom. The second kappa shape index (κ2) is 20.6. The first-order chi connectivity index (χ1) is 18.2. The van der Waals surface area contributed by atoms with Crippen LogP contribution in [0.4, 0.5) is 0 Å². The summed E-state index contributed by atoms with van der Waals surface area (Å²) < 4.78 is 10.8. The fourth-order valence-corrected chi connectivity index (χ4v) is 4.26. The van der Waals surface area contributed by atoms with E-state index in [1.165, 1.54) is 64.2 Å². The van der Waals surface area contributed by atoms with Gasteiger partial charge in [0.05, 0.1) is 0 Å². The molecule has 38 heavy (non-hydrogen) atoms. The summed E-state index contributed by atoms with van der Waals surface area (Å²) >= 11 is 0. The van der Waals surface area contributed by atoms with Gasteiger partial charge in [0.1, 0.15) is 18.2 Å². The zero-order valence-electron chi connectivity index (χ0n) is 24.5. The monoisotopic (exact) mass is 531 g/mol. The summed E-state index contributed by atoms with van der Waals surface area (Å²) in [5.74, 6) is -1.11. The van der Waals surface area contributed by atoms with Crippen LogP contribution in [0.2, 0.25) is 0 Å². The second-order valence-electron chi connectivity index (χ2n) is 11.3. The smallest absolute Gasteiger partial charge is 0.329 e. The third-order valence-corrected chi connectivity index (χ3v) is 6.41. The van der Waals surface area contributed by atoms with Crippen LogP contribution in [0.3, 0.4) is 0 Å². The molecule has 6 nitrogen and oxygen atoms in total. The van der Waals surface area contributed by atoms with Gasteiger partial charge in [-0.1, -0.05) is 114 Å². The summed E-state index contributed by atoms with van der Waals surface area (Å²) in [5.41, 5.74) is 0.221. The Bertz CT molecular complexity index is 772. The molecule has 0 radical (unpaired) electrons. The molecule has 0 bridgehead atoms. The third-order valence-electron chi connectivity index (χ3n) is 6.41. The molecule has 0 aliphatic heterocycles. The Balaban J connectivity index is 2.27. The molecule has 0 aromatic heterocycles. The van der Waals surface area contributed by atoms with Crippen molar-refractivity contribution < 1.29 is 23.9 Å². The lowest BCUT2D eigenvalue weighted by molar-refractivity contribution is -0.159. The maximum Gasteiger partial charge on any atom is 0.329 e. The number of carbonyl (C=O) groups is 3. The number of carbonyl (C=O) groups excluding carboxylic acids is 3. The van der Waals surface area contributed by atoms with Gasteiger partial charge in [0, 0.05) is 12.8 Å². The fraction of sp³-hybridized carbons (Fsp3) is 0.719. The number of hydrogen-bond donors (Lipinski definition) is 1. The molecule has 0 unspecified atom stereocenters. The number of unbranched alkanes of at least 4 members (excludes halogenated alkanes) is 12. The quantitative estimate of drug-likeness (QED) is 0.129. The molecule has 0 saturated carbocycles. The van der Waals surface area contributed by atoms with Crippen LogP contribution < -0.4 is 5.32 Å². The highest BCUT2D eigenvalue weighted by Gasteiger charge is 2.27. The molecule has 1 N–H and O–H groups in total. The van der Waals surface area contributed by atoms with Crippen LogP contribution in [-0.4, -0.2) is 29.5 Å². The highest BCUT2D eigenvalue weighted by Crippen LogP contribution is 2.14. The van der Waals surface area contributed by atoms with Crippen LogP contribution in [0.1, 0.15) is 136 Å². The number of esters is 2. The predicted octanol–water partition coefficient (Wildman–Crippen LogP) is 7.82. The first-order valence-electron chi connectivity index (χ1n) is 14.9. The van der Waals surface area contributed by atoms with E-state index in [-0.39, 0.29) is 25.4 Å². The van der Waals surface area contributed by atoms with Gasteiger partial charge in [0.25, 0.3) is 0 Å². The molecule has 216 valence electrons. The lowest BCUT2D eigenvalue weighted by atomic mass is 10.0. The molecule has 0 aliphatic carbocycles. The minimum atomic E-state index is -0.868. The van der Waals surface area contributed by atoms with Crippen LogP contribution in [-0.2, 0) is 30.5 Å². The van der Waals surface area contributed by atoms with E-state index in [4.69, 9.17) is 9.47 Å². The molecule has 1 rings (SSSR count). The summed E-state index contributed by atoms with van der Waals surface area (Å²) in [5, 5.41) is 2.79. The molecule has 6 heteroatoms. The van der Waals surface area contributed by atoms with E-state index in [9.17, 15) is 14.4 Å². The summed E-state index contributed by atoms with van der Waals surface area (Å²) in [6.07, 6.45) is 16.7. The van der Waals surface area contributed by atoms with Crippen LogP contribution in [0.5, 0.6) is 0 Å². The minimum absolute atomic E-state index is 0.0236. The van der Waals surface area contributed by atoms with Gasteiger partial charge in [0.2, 0.25) is 5.91 Å². The van der Waals surface area contributed by atoms with E-state index in [0.29, 0.717) is 6.42 Å². The van der Waals surface area contributed by atoms with Crippen molar-refractivity contribution in [2.24, 2.45) is 0 Å². The zero-order chi connectivity index (χ0) is 28.1. The van der Waals surface area contributed by atoms with Crippen LogP contribution in [0, 0.1) is 0 Å². The van der Waals surface area contributed by atoms with Gasteiger partial charge in [-0.15, -0.1) is 0 Å². The van der Waals surface area contributed by atoms with Crippen molar-refractivity contribution in [1.29, 1.82) is 0 Å². The van der Waals surface area contributed by atoms with E-state index < -0.39 is 23.6 Å². The lowest BCUT2D eigenvalue weighted by Crippen LogP contribution is -2.44. The molecule has 1 amide bonds. The zero-order valence-corrected chi connectivity index (χ0v) is 24.5. The summed E-state index contributed by atoms with van der Waals surface area (Å²) in [6, 6.07) is 8.56. The molecule has 1 atom stereocenters. The highest BCUT2D eigenvalue weighted by atomic mass is 16.6. The number of benzene rings is 1. The van der Waals surface area contributed by atoms with Crippen molar-refractivity contribution in [3.8, 4) is 0 Å². The Kier molecular flexibility index (Phi) is 18.2. The maximum absolute atomic E-state index is 12.7. The third kappa shape index (κ3) is 18.8. The standard InChI is InChI=1S/C32H53NO5/c1-5-6-7-8-9-10-11-12-13-14-15-16-20-23-29(34)33-28(31(36)38-32(2,3)4)24-25-30(35)37-26-27-21-18-17-19-22-27/h17-19,21-22,28H,5-16,20,23-26H2,1-4H3,(H,33,34)/t28-/m0/s1. The van der Waals surface area contributed by atoms with Gasteiger partial charge in [-0.25, -0.2) is 4.79 Å². The van der Waals surface area contributed by atoms with Crippen LogP contribution in [0.15, 0.2) is 30.3 Å². The van der Waals surface area contributed by atoms with Gasteiger partial charge in [-0.05, 0) is 39.2 Å². The first-order valence-corrected chi connectivity index (χ1v) is 14.9. The van der Waals surface area contributed by atoms with Crippen molar-refractivity contribution in [2.45, 2.75) is 149 Å². The van der Waals surface area contributed by atoms with Gasteiger partial charge >= 0.3 is 11.9 Å². The van der Waals surface area contributed by atoms with E-state index in [1.807, 2.05) is 30.3 Å². The Morgan fingerprint density at radius 3 is 1.82 bits per heavy atom. The van der Waals surface area contributed by atoms with Gasteiger partial charge in [-0.3, -0.25) is 9.59 Å². The second-order valence-corrected chi connectivity index (χ2v) is 11.3. The van der Waals surface area contributed by atoms with Gasteiger partial charge < -0.3 is 14.8 Å². The number of hydrogen-bond acceptors (Lipinski definition) is 5. The Labute approximate surface area is 231 Å².